The van der Waals surface area contributed by atoms with E-state index in [4.69, 9.17) is 29.8 Å². The number of benzene rings is 1. The predicted octanol–water partition coefficient (Wildman–Crippen LogP) is 1.95. The molecule has 0 radical (unpaired) electrons. The Labute approximate surface area is 302 Å². The van der Waals surface area contributed by atoms with Crippen LogP contribution in [0.3, 0.4) is 0 Å². The lowest BCUT2D eigenvalue weighted by Gasteiger charge is -2.16. The molecule has 51 heavy (non-hydrogen) atoms. The zero-order valence-electron chi connectivity index (χ0n) is 29.0. The van der Waals surface area contributed by atoms with Gasteiger partial charge in [-0.1, -0.05) is 17.7 Å². The number of carboxylic acid groups (broad SMARTS) is 1. The number of carbonyl (C=O) groups excluding carboxylic acids is 3. The Bertz CT molecular complexity index is 1410. The first-order valence-electron chi connectivity index (χ1n) is 17.6. The summed E-state index contributed by atoms with van der Waals surface area (Å²) in [6, 6.07) is 5.64. The number of carboxylic acids is 1. The van der Waals surface area contributed by atoms with E-state index in [1.165, 1.54) is 0 Å². The number of urea groups is 1. The van der Waals surface area contributed by atoms with Crippen molar-refractivity contribution in [2.24, 2.45) is 0 Å². The van der Waals surface area contributed by atoms with Crippen molar-refractivity contribution in [3.05, 3.63) is 41.2 Å². The highest BCUT2D eigenvalue weighted by molar-refractivity contribution is 8.00. The molecule has 2 aromatic rings. The molecule has 6 N–H and O–H groups in total. The number of nitrogens with one attached hydrogen (secondary N) is 3. The summed E-state index contributed by atoms with van der Waals surface area (Å²) in [4.78, 5) is 46.6. The normalized spacial score (nSPS) is 18.0. The Balaban J connectivity index is 0.907. The fraction of sp³-hybridized carbons (Fsp3) is 0.647. The van der Waals surface area contributed by atoms with Crippen LogP contribution in [0.5, 0.6) is 0 Å². The number of aromatic nitrogens is 3. The summed E-state index contributed by atoms with van der Waals surface area (Å²) in [5.74, 6) is -0.311. The number of thioether (sulfide) groups is 1. The average Bonchev–Trinajstić information content (AvgIpc) is 3.82. The molecular formula is C34H51N7O9S. The van der Waals surface area contributed by atoms with Crippen molar-refractivity contribution < 1.29 is 43.2 Å². The number of ether oxygens (including phenoxy) is 4. The number of nitrogens with two attached hydrogens (primary N) is 1. The van der Waals surface area contributed by atoms with Crippen LogP contribution in [-0.4, -0.2) is 120 Å². The van der Waals surface area contributed by atoms with E-state index < -0.39 is 5.97 Å². The molecular weight excluding hydrogens is 682 g/mol. The lowest BCUT2D eigenvalue weighted by atomic mass is 10.00. The van der Waals surface area contributed by atoms with Gasteiger partial charge in [-0.25, -0.2) is 9.48 Å². The molecule has 17 heteroatoms. The second kappa shape index (κ2) is 22.2. The van der Waals surface area contributed by atoms with Crippen molar-refractivity contribution in [1.29, 1.82) is 0 Å². The number of hydrogen-bond acceptors (Lipinski definition) is 12. The molecule has 4 rings (SSSR count). The minimum Gasteiger partial charge on any atom is -0.481 e. The molecule has 2 aliphatic rings. The van der Waals surface area contributed by atoms with Crippen molar-refractivity contribution in [2.45, 2.75) is 81.9 Å². The molecule has 2 aliphatic heterocycles. The zero-order chi connectivity index (χ0) is 36.3. The summed E-state index contributed by atoms with van der Waals surface area (Å²) in [7, 11) is 0. The number of fused-ring (bicyclic) bond motifs is 1. The number of nitrogen functional groups attached to an aromatic ring is 1. The average molecular weight is 734 g/mol. The fourth-order valence-corrected chi connectivity index (χ4v) is 7.29. The van der Waals surface area contributed by atoms with Crippen LogP contribution in [-0.2, 0) is 48.1 Å². The summed E-state index contributed by atoms with van der Waals surface area (Å²) < 4.78 is 24.1. The number of aryl methyl sites for hydroxylation is 1. The Morgan fingerprint density at radius 1 is 0.961 bits per heavy atom. The summed E-state index contributed by atoms with van der Waals surface area (Å²) in [6.07, 6.45) is 6.21. The van der Waals surface area contributed by atoms with Crippen molar-refractivity contribution in [3.63, 3.8) is 0 Å². The lowest BCUT2D eigenvalue weighted by molar-refractivity contribution is -0.137. The number of amides is 3. The van der Waals surface area contributed by atoms with Crippen LogP contribution in [0, 0.1) is 0 Å². The number of hydrogen-bond donors (Lipinski definition) is 5. The lowest BCUT2D eigenvalue weighted by Crippen LogP contribution is -2.36. The molecule has 0 saturated carbocycles. The van der Waals surface area contributed by atoms with Gasteiger partial charge in [0.25, 0.3) is 0 Å². The maximum absolute atomic E-state index is 12.3. The molecule has 3 heterocycles. The summed E-state index contributed by atoms with van der Waals surface area (Å²) in [5, 5.41) is 26.3. The smallest absolute Gasteiger partial charge is 0.315 e. The number of carbonyl (C=O) groups is 4. The first-order valence-corrected chi connectivity index (χ1v) is 18.6. The van der Waals surface area contributed by atoms with Gasteiger partial charge in [-0.2, -0.15) is 11.8 Å². The van der Waals surface area contributed by atoms with Gasteiger partial charge in [0.05, 0.1) is 77.5 Å². The van der Waals surface area contributed by atoms with Crippen molar-refractivity contribution in [2.75, 3.05) is 64.3 Å². The van der Waals surface area contributed by atoms with Crippen molar-refractivity contribution in [1.82, 2.24) is 30.9 Å². The summed E-state index contributed by atoms with van der Waals surface area (Å²) >= 11 is 1.89. The Kier molecular flexibility index (Phi) is 17.4. The van der Waals surface area contributed by atoms with Gasteiger partial charge in [-0.3, -0.25) is 14.4 Å². The van der Waals surface area contributed by atoms with E-state index in [1.54, 1.807) is 16.8 Å². The number of Topliss-reactive ketones (excluding diaryl/α,β-unsaturated/α-hetero) is 1. The Hall–Kier alpha value is -3.77. The number of unbranched alkanes of at least 4 members (excludes halogenated alkanes) is 1. The number of nitrogens with zero attached hydrogens (tertiary/aromatic N) is 3. The molecule has 16 nitrogen and oxygen atoms in total. The van der Waals surface area contributed by atoms with Crippen LogP contribution in [0.15, 0.2) is 24.4 Å². The summed E-state index contributed by atoms with van der Waals surface area (Å²) in [5.41, 5.74) is 8.27. The maximum Gasteiger partial charge on any atom is 0.315 e. The highest BCUT2D eigenvalue weighted by Crippen LogP contribution is 2.33. The van der Waals surface area contributed by atoms with Crippen LogP contribution in [0.4, 0.5) is 10.5 Å². The molecule has 3 amide bonds. The highest BCUT2D eigenvalue weighted by Gasteiger charge is 2.42. The van der Waals surface area contributed by atoms with Crippen LogP contribution in [0.1, 0.15) is 66.6 Å². The van der Waals surface area contributed by atoms with E-state index in [0.29, 0.717) is 101 Å². The van der Waals surface area contributed by atoms with Crippen molar-refractivity contribution >= 4 is 41.1 Å². The first kappa shape index (κ1) is 40.0. The minimum absolute atomic E-state index is 0.0295. The first-order chi connectivity index (χ1) is 24.8. The Morgan fingerprint density at radius 2 is 1.75 bits per heavy atom. The predicted molar refractivity (Wildman–Crippen MR) is 189 cm³/mol. The minimum atomic E-state index is -1.02. The number of anilines is 1. The van der Waals surface area contributed by atoms with E-state index in [-0.39, 0.29) is 42.6 Å². The molecule has 1 aromatic heterocycles. The zero-order valence-corrected chi connectivity index (χ0v) is 29.8. The van der Waals surface area contributed by atoms with Gasteiger partial charge in [0, 0.05) is 48.2 Å². The Morgan fingerprint density at radius 3 is 2.55 bits per heavy atom. The van der Waals surface area contributed by atoms with Crippen LogP contribution in [0.25, 0.3) is 0 Å². The fourth-order valence-electron chi connectivity index (χ4n) is 5.75. The van der Waals surface area contributed by atoms with Crippen molar-refractivity contribution in [3.8, 4) is 0 Å². The number of aliphatic carboxylic acids is 1. The third-order valence-corrected chi connectivity index (χ3v) is 9.94. The molecule has 2 fully saturated rings. The van der Waals surface area contributed by atoms with Crippen LogP contribution < -0.4 is 21.7 Å². The number of ketones is 1. The van der Waals surface area contributed by atoms with Crippen LogP contribution in [0.2, 0.25) is 0 Å². The molecule has 282 valence electrons. The highest BCUT2D eigenvalue weighted by atomic mass is 32.2. The van der Waals surface area contributed by atoms with E-state index >= 15 is 0 Å². The van der Waals surface area contributed by atoms with Gasteiger partial charge < -0.3 is 45.7 Å². The van der Waals surface area contributed by atoms with Crippen LogP contribution >= 0.6 is 11.8 Å². The van der Waals surface area contributed by atoms with E-state index in [2.05, 4.69) is 26.3 Å². The largest absolute Gasteiger partial charge is 0.481 e. The molecule has 0 aliphatic carbocycles. The molecule has 2 saturated heterocycles. The molecule has 2 unspecified atom stereocenters. The van der Waals surface area contributed by atoms with Gasteiger partial charge in [-0.15, -0.1) is 5.10 Å². The van der Waals surface area contributed by atoms with Gasteiger partial charge >= 0.3 is 12.0 Å². The standard InChI is InChI=1S/C34H51N7O9S/c35-27-8-7-24(20-26(27)29(42)9-10-32(44)45)4-3-13-50-22-25-21-41(40-39-25)12-15-48-17-19-49-18-16-47-14-11-36-31(43)6-2-1-5-30-33-28(23-51-30)37-34(46)38-33/h7-8,20-21,28,30,33H,1-6,9-19,22-23,35H2,(H,36,43)(H,44,45)(H2,37,38,46)/t28?,30-,33?/m0/s1. The SMILES string of the molecule is Nc1ccc(CCCOCc2cn(CCOCCOCCOCCNC(=O)CCCC[C@@H]3SCC4NC(=O)NC43)nn2)cc1C(=O)CCC(=O)O. The van der Waals surface area contributed by atoms with Gasteiger partial charge in [0.2, 0.25) is 5.91 Å². The second-order valence-corrected chi connectivity index (χ2v) is 13.7. The van der Waals surface area contributed by atoms with E-state index in [0.717, 1.165) is 37.0 Å². The van der Waals surface area contributed by atoms with Gasteiger partial charge in [-0.05, 0) is 43.4 Å². The molecule has 0 bridgehead atoms. The topological polar surface area (TPSA) is 218 Å². The van der Waals surface area contributed by atoms with Gasteiger partial charge in [0.15, 0.2) is 5.78 Å². The third kappa shape index (κ3) is 14.8. The number of rotatable bonds is 27. The molecule has 3 atom stereocenters. The molecule has 0 spiro atoms. The summed E-state index contributed by atoms with van der Waals surface area (Å²) in [6.45, 7) is 4.48. The van der Waals surface area contributed by atoms with E-state index in [9.17, 15) is 19.2 Å². The third-order valence-electron chi connectivity index (χ3n) is 8.43. The van der Waals surface area contributed by atoms with Gasteiger partial charge in [0.1, 0.15) is 5.69 Å². The van der Waals surface area contributed by atoms with E-state index in [1.807, 2.05) is 24.0 Å². The monoisotopic (exact) mass is 733 g/mol. The maximum atomic E-state index is 12.3. The quantitative estimate of drug-likeness (QED) is 0.0384. The second-order valence-electron chi connectivity index (χ2n) is 12.4. The molecule has 1 aromatic carbocycles.